The molecule has 1 atom stereocenters. The third-order valence-electron chi connectivity index (χ3n) is 4.73. The van der Waals surface area contributed by atoms with Gasteiger partial charge in [0.1, 0.15) is 11.5 Å². The van der Waals surface area contributed by atoms with Crippen molar-refractivity contribution in [3.8, 4) is 10.6 Å². The highest BCUT2D eigenvalue weighted by Crippen LogP contribution is 2.25. The molecule has 1 saturated heterocycles. The lowest BCUT2D eigenvalue weighted by Crippen LogP contribution is -2.43. The van der Waals surface area contributed by atoms with Gasteiger partial charge in [-0.25, -0.2) is 9.07 Å². The molecule has 5 nitrogen and oxygen atoms in total. The number of likely N-dealkylation sites (tertiary alicyclic amines) is 1. The zero-order valence-electron chi connectivity index (χ0n) is 14.5. The molecule has 3 aromatic rings. The molecule has 0 unspecified atom stereocenters. The third-order valence-corrected chi connectivity index (χ3v) is 5.62. The molecular weight excluding hydrogens is 365 g/mol. The molecule has 138 valence electrons. The Kier molecular flexibility index (Phi) is 4.85. The van der Waals surface area contributed by atoms with Gasteiger partial charge in [-0.1, -0.05) is 18.2 Å². The second-order valence-corrected chi connectivity index (χ2v) is 7.45. The van der Waals surface area contributed by atoms with Crippen molar-refractivity contribution in [1.82, 2.24) is 14.7 Å². The molecule has 0 bridgehead atoms. The number of benzene rings is 1. The monoisotopic (exact) mass is 383 g/mol. The summed E-state index contributed by atoms with van der Waals surface area (Å²) in [6.45, 7) is 0.886. The number of nitrogens with zero attached hydrogens (tertiary/aromatic N) is 3. The number of hydrogen-bond acceptors (Lipinski definition) is 4. The lowest BCUT2D eigenvalue weighted by atomic mass is 10.0. The number of carbonyl (C=O) groups excluding carboxylic acids is 1. The van der Waals surface area contributed by atoms with Gasteiger partial charge in [-0.05, 0) is 42.5 Å². The fourth-order valence-corrected chi connectivity index (χ4v) is 4.08. The summed E-state index contributed by atoms with van der Waals surface area (Å²) in [5, 5.41) is 6.49. The molecular formula is C20H18FN3O2S. The van der Waals surface area contributed by atoms with E-state index in [0.717, 1.165) is 23.4 Å². The normalized spacial score (nSPS) is 17.1. The molecule has 1 fully saturated rings. The average Bonchev–Trinajstić information content (AvgIpc) is 3.23. The first-order valence-corrected chi connectivity index (χ1v) is 9.69. The first kappa shape index (κ1) is 17.6. The summed E-state index contributed by atoms with van der Waals surface area (Å²) < 4.78 is 15.4. The summed E-state index contributed by atoms with van der Waals surface area (Å²) in [5.41, 5.74) is 0.605. The highest BCUT2D eigenvalue weighted by atomic mass is 32.1. The Morgan fingerprint density at radius 3 is 2.78 bits per heavy atom. The van der Waals surface area contributed by atoms with Crippen molar-refractivity contribution in [2.45, 2.75) is 18.9 Å². The molecule has 0 N–H and O–H groups in total. The van der Waals surface area contributed by atoms with Crippen LogP contribution in [0.25, 0.3) is 10.6 Å². The van der Waals surface area contributed by atoms with Gasteiger partial charge in [0.15, 0.2) is 0 Å². The number of piperidine rings is 1. The minimum atomic E-state index is -0.528. The van der Waals surface area contributed by atoms with Crippen LogP contribution in [0.3, 0.4) is 0 Å². The quantitative estimate of drug-likeness (QED) is 0.695. The van der Waals surface area contributed by atoms with E-state index in [4.69, 9.17) is 0 Å². The Bertz CT molecular complexity index is 1020. The smallest absolute Gasteiger partial charge is 0.267 e. The summed E-state index contributed by atoms with van der Waals surface area (Å²) in [7, 11) is 0. The molecule has 3 heterocycles. The van der Waals surface area contributed by atoms with E-state index in [1.807, 2.05) is 17.5 Å². The van der Waals surface area contributed by atoms with E-state index in [1.165, 1.54) is 22.9 Å². The van der Waals surface area contributed by atoms with Crippen LogP contribution in [-0.2, 0) is 0 Å². The molecule has 7 heteroatoms. The van der Waals surface area contributed by atoms with Crippen LogP contribution in [0.5, 0.6) is 0 Å². The number of aromatic nitrogens is 2. The number of carbonyl (C=O) groups is 1. The van der Waals surface area contributed by atoms with Crippen molar-refractivity contribution in [1.29, 1.82) is 0 Å². The second kappa shape index (κ2) is 7.44. The van der Waals surface area contributed by atoms with E-state index in [2.05, 4.69) is 5.10 Å². The summed E-state index contributed by atoms with van der Waals surface area (Å²) in [6, 6.07) is 12.9. The Morgan fingerprint density at radius 2 is 2.00 bits per heavy atom. The van der Waals surface area contributed by atoms with Crippen molar-refractivity contribution in [2.24, 2.45) is 0 Å². The number of amides is 1. The molecule has 0 aliphatic carbocycles. The van der Waals surface area contributed by atoms with Crippen molar-refractivity contribution >= 4 is 17.2 Å². The van der Waals surface area contributed by atoms with Crippen LogP contribution in [-0.4, -0.2) is 33.7 Å². The van der Waals surface area contributed by atoms with Crippen molar-refractivity contribution in [2.75, 3.05) is 13.1 Å². The first-order valence-electron chi connectivity index (χ1n) is 8.81. The molecule has 27 heavy (non-hydrogen) atoms. The summed E-state index contributed by atoms with van der Waals surface area (Å²) >= 11 is 1.56. The van der Waals surface area contributed by atoms with Gasteiger partial charge in [0.05, 0.1) is 16.5 Å². The minimum absolute atomic E-state index is 0.0609. The highest BCUT2D eigenvalue weighted by Gasteiger charge is 2.28. The largest absolute Gasteiger partial charge is 0.336 e. The Hall–Kier alpha value is -2.80. The molecule has 1 amide bonds. The van der Waals surface area contributed by atoms with Crippen molar-refractivity contribution in [3.63, 3.8) is 0 Å². The summed E-state index contributed by atoms with van der Waals surface area (Å²) in [6.07, 6.45) is 1.49. The van der Waals surface area contributed by atoms with Crippen LogP contribution in [0, 0.1) is 5.82 Å². The third kappa shape index (κ3) is 3.55. The molecule has 1 aromatic carbocycles. The van der Waals surface area contributed by atoms with Gasteiger partial charge in [0, 0.05) is 19.2 Å². The standard InChI is InChI=1S/C20H18FN3O2S/c21-16-7-2-1-6-15(16)20(26)23-11-3-5-14(13-23)24-19(25)10-9-17(22-24)18-8-4-12-27-18/h1-2,4,6-10,12,14H,3,5,11,13H2/t14-/m1/s1. The van der Waals surface area contributed by atoms with Gasteiger partial charge in [0.25, 0.3) is 11.5 Å². The van der Waals surface area contributed by atoms with E-state index >= 15 is 0 Å². The number of hydrogen-bond donors (Lipinski definition) is 0. The Labute approximate surface area is 159 Å². The predicted octanol–water partition coefficient (Wildman–Crippen LogP) is 3.59. The van der Waals surface area contributed by atoms with Crippen LogP contribution in [0.1, 0.15) is 29.2 Å². The van der Waals surface area contributed by atoms with Crippen LogP contribution in [0.15, 0.2) is 58.7 Å². The lowest BCUT2D eigenvalue weighted by molar-refractivity contribution is 0.0665. The Morgan fingerprint density at radius 1 is 1.15 bits per heavy atom. The highest BCUT2D eigenvalue weighted by molar-refractivity contribution is 7.13. The first-order chi connectivity index (χ1) is 13.1. The fourth-order valence-electron chi connectivity index (χ4n) is 3.39. The van der Waals surface area contributed by atoms with E-state index in [0.29, 0.717) is 13.1 Å². The maximum Gasteiger partial charge on any atom is 0.267 e. The minimum Gasteiger partial charge on any atom is -0.336 e. The van der Waals surface area contributed by atoms with Gasteiger partial charge in [-0.3, -0.25) is 9.59 Å². The summed E-state index contributed by atoms with van der Waals surface area (Å²) in [5.74, 6) is -0.875. The number of halogens is 1. The SMILES string of the molecule is O=C(c1ccccc1F)N1CCC[C@@H](n2nc(-c3cccs3)ccc2=O)C1. The maximum atomic E-state index is 14.0. The van der Waals surface area contributed by atoms with E-state index in [-0.39, 0.29) is 23.1 Å². The maximum absolute atomic E-state index is 14.0. The molecule has 0 radical (unpaired) electrons. The van der Waals surface area contributed by atoms with Crippen LogP contribution >= 0.6 is 11.3 Å². The van der Waals surface area contributed by atoms with Gasteiger partial charge in [0.2, 0.25) is 0 Å². The topological polar surface area (TPSA) is 55.2 Å². The second-order valence-electron chi connectivity index (χ2n) is 6.51. The van der Waals surface area contributed by atoms with Gasteiger partial charge < -0.3 is 4.90 Å². The lowest BCUT2D eigenvalue weighted by Gasteiger charge is -2.33. The van der Waals surface area contributed by atoms with Crippen molar-refractivity contribution in [3.05, 3.63) is 75.6 Å². The molecule has 2 aromatic heterocycles. The zero-order valence-corrected chi connectivity index (χ0v) is 15.4. The van der Waals surface area contributed by atoms with E-state index in [1.54, 1.807) is 34.4 Å². The predicted molar refractivity (Wildman–Crippen MR) is 102 cm³/mol. The van der Waals surface area contributed by atoms with Crippen LogP contribution in [0.4, 0.5) is 4.39 Å². The molecule has 1 aliphatic heterocycles. The molecule has 4 rings (SSSR count). The Balaban J connectivity index is 1.60. The van der Waals surface area contributed by atoms with Crippen LogP contribution < -0.4 is 5.56 Å². The van der Waals surface area contributed by atoms with Gasteiger partial charge >= 0.3 is 0 Å². The number of thiophene rings is 1. The molecule has 1 aliphatic rings. The summed E-state index contributed by atoms with van der Waals surface area (Å²) in [4.78, 5) is 27.7. The average molecular weight is 383 g/mol. The number of rotatable bonds is 3. The van der Waals surface area contributed by atoms with Gasteiger partial charge in [-0.2, -0.15) is 5.10 Å². The van der Waals surface area contributed by atoms with Crippen LogP contribution in [0.2, 0.25) is 0 Å². The van der Waals surface area contributed by atoms with Gasteiger partial charge in [-0.15, -0.1) is 11.3 Å². The van der Waals surface area contributed by atoms with E-state index < -0.39 is 5.82 Å². The van der Waals surface area contributed by atoms with Crippen molar-refractivity contribution < 1.29 is 9.18 Å². The fraction of sp³-hybridized carbons (Fsp3) is 0.250. The molecule has 0 spiro atoms. The molecule has 0 saturated carbocycles. The zero-order chi connectivity index (χ0) is 18.8. The van der Waals surface area contributed by atoms with E-state index in [9.17, 15) is 14.0 Å².